The molecule has 1 aromatic carbocycles. The second-order valence-electron chi connectivity index (χ2n) is 4.06. The van der Waals surface area contributed by atoms with E-state index in [9.17, 15) is 0 Å². The second kappa shape index (κ2) is 4.73. The number of nitrogens with one attached hydrogen (secondary N) is 1. The minimum absolute atomic E-state index is 0.832. The molecule has 0 fully saturated rings. The summed E-state index contributed by atoms with van der Waals surface area (Å²) < 4.78 is 6.33. The summed E-state index contributed by atoms with van der Waals surface area (Å²) in [5.74, 6) is 0.983. The zero-order chi connectivity index (χ0) is 12.4. The molecule has 0 atom stereocenters. The maximum atomic E-state index is 4.40. The van der Waals surface area contributed by atoms with Crippen LogP contribution in [0.15, 0.2) is 30.6 Å². The lowest BCUT2D eigenvalue weighted by Gasteiger charge is -2.03. The zero-order valence-corrected chi connectivity index (χ0v) is 10.8. The molecule has 0 aliphatic carbocycles. The van der Waals surface area contributed by atoms with E-state index in [0.29, 0.717) is 0 Å². The first-order chi connectivity index (χ1) is 8.84. The van der Waals surface area contributed by atoms with E-state index in [1.165, 1.54) is 16.9 Å². The van der Waals surface area contributed by atoms with Crippen molar-refractivity contribution in [2.45, 2.75) is 6.42 Å². The molecule has 6 heteroatoms. The first-order valence-corrected chi connectivity index (χ1v) is 6.53. The smallest absolute Gasteiger partial charge is 0.134 e. The van der Waals surface area contributed by atoms with E-state index in [-0.39, 0.29) is 0 Å². The van der Waals surface area contributed by atoms with Gasteiger partial charge in [0, 0.05) is 25.4 Å². The molecule has 2 aromatic heterocycles. The van der Waals surface area contributed by atoms with Crippen molar-refractivity contribution in [1.29, 1.82) is 0 Å². The molecular weight excluding hydrogens is 246 g/mol. The Hall–Kier alpha value is -1.95. The van der Waals surface area contributed by atoms with Gasteiger partial charge in [-0.1, -0.05) is 12.1 Å². The molecule has 0 unspecified atom stereocenters. The van der Waals surface area contributed by atoms with E-state index in [4.69, 9.17) is 0 Å². The van der Waals surface area contributed by atoms with Crippen molar-refractivity contribution in [1.82, 2.24) is 19.1 Å². The molecule has 0 saturated heterocycles. The van der Waals surface area contributed by atoms with Crippen LogP contribution in [0.4, 0.5) is 5.00 Å². The van der Waals surface area contributed by atoms with Crippen LogP contribution in [0, 0.1) is 0 Å². The fourth-order valence-electron chi connectivity index (χ4n) is 1.84. The third-order valence-corrected chi connectivity index (χ3v) is 3.66. The van der Waals surface area contributed by atoms with Crippen LogP contribution in [0.1, 0.15) is 5.82 Å². The topological polar surface area (TPSA) is 55.6 Å². The van der Waals surface area contributed by atoms with Gasteiger partial charge >= 0.3 is 0 Å². The van der Waals surface area contributed by atoms with Gasteiger partial charge in [0.1, 0.15) is 17.2 Å². The first kappa shape index (κ1) is 11.2. The number of fused-ring (bicyclic) bond motifs is 1. The van der Waals surface area contributed by atoms with E-state index in [2.05, 4.69) is 26.0 Å². The van der Waals surface area contributed by atoms with Crippen LogP contribution in [0.2, 0.25) is 0 Å². The third kappa shape index (κ3) is 2.06. The zero-order valence-electron chi connectivity index (χ0n) is 10.00. The minimum Gasteiger partial charge on any atom is -0.375 e. The molecule has 0 saturated carbocycles. The van der Waals surface area contributed by atoms with Crippen LogP contribution in [-0.2, 0) is 13.5 Å². The molecule has 0 aliphatic heterocycles. The number of aryl methyl sites for hydroxylation is 1. The van der Waals surface area contributed by atoms with Gasteiger partial charge in [0.05, 0.1) is 5.52 Å². The Bertz CT molecular complexity index is 657. The molecule has 1 N–H and O–H groups in total. The number of rotatable bonds is 4. The van der Waals surface area contributed by atoms with Crippen LogP contribution < -0.4 is 5.32 Å². The van der Waals surface area contributed by atoms with Crippen molar-refractivity contribution >= 4 is 27.4 Å². The van der Waals surface area contributed by atoms with E-state index in [0.717, 1.165) is 29.3 Å². The van der Waals surface area contributed by atoms with Crippen molar-refractivity contribution in [2.24, 2.45) is 7.05 Å². The number of nitrogens with zero attached hydrogens (tertiary/aromatic N) is 4. The van der Waals surface area contributed by atoms with Crippen LogP contribution in [0.25, 0.3) is 10.9 Å². The van der Waals surface area contributed by atoms with Crippen molar-refractivity contribution in [3.05, 3.63) is 36.4 Å². The summed E-state index contributed by atoms with van der Waals surface area (Å²) in [4.78, 5) is 0. The van der Waals surface area contributed by atoms with E-state index < -0.39 is 0 Å². The van der Waals surface area contributed by atoms with Gasteiger partial charge in [-0.3, -0.25) is 0 Å². The van der Waals surface area contributed by atoms with Gasteiger partial charge in [-0.2, -0.15) is 4.37 Å². The summed E-state index contributed by atoms with van der Waals surface area (Å²) in [6.45, 7) is 0.832. The first-order valence-electron chi connectivity index (χ1n) is 5.76. The average molecular weight is 259 g/mol. The Morgan fingerprint density at radius 2 is 2.22 bits per heavy atom. The maximum absolute atomic E-state index is 4.40. The summed E-state index contributed by atoms with van der Waals surface area (Å²) in [6.07, 6.45) is 2.57. The Balaban J connectivity index is 1.68. The minimum atomic E-state index is 0.832. The number of hydrogen-bond donors (Lipinski definition) is 1. The highest BCUT2D eigenvalue weighted by Crippen LogP contribution is 2.26. The largest absolute Gasteiger partial charge is 0.375 e. The second-order valence-corrected chi connectivity index (χ2v) is 4.84. The lowest BCUT2D eigenvalue weighted by molar-refractivity contribution is 0.789. The van der Waals surface area contributed by atoms with Crippen molar-refractivity contribution < 1.29 is 0 Å². The lowest BCUT2D eigenvalue weighted by atomic mass is 10.2. The highest BCUT2D eigenvalue weighted by Gasteiger charge is 2.05. The molecule has 0 aliphatic rings. The number of benzene rings is 1. The standard InChI is InChI=1S/C12H13N5S/c1-17-8-14-15-11(17)6-7-13-12-9-4-2-3-5-10(9)16-18-12/h2-5,8,13H,6-7H2,1H3. The molecule has 3 rings (SSSR count). The molecule has 0 radical (unpaired) electrons. The number of anilines is 1. The fourth-order valence-corrected chi connectivity index (χ4v) is 2.62. The normalized spacial score (nSPS) is 10.9. The predicted octanol–water partition coefficient (Wildman–Crippen LogP) is 2.08. The highest BCUT2D eigenvalue weighted by atomic mass is 32.1. The molecule has 2 heterocycles. The summed E-state index contributed by atoms with van der Waals surface area (Å²) in [7, 11) is 1.96. The fraction of sp³-hybridized carbons (Fsp3) is 0.250. The molecule has 0 bridgehead atoms. The summed E-state index contributed by atoms with van der Waals surface area (Å²) in [5.41, 5.74) is 1.05. The van der Waals surface area contributed by atoms with Crippen LogP contribution in [0.5, 0.6) is 0 Å². The molecule has 18 heavy (non-hydrogen) atoms. The Morgan fingerprint density at radius 3 is 3.06 bits per heavy atom. The number of hydrogen-bond acceptors (Lipinski definition) is 5. The van der Waals surface area contributed by atoms with Gasteiger partial charge in [-0.25, -0.2) is 0 Å². The van der Waals surface area contributed by atoms with Crippen LogP contribution >= 0.6 is 11.5 Å². The Labute approximate surface area is 109 Å². The van der Waals surface area contributed by atoms with Crippen molar-refractivity contribution in [3.63, 3.8) is 0 Å². The van der Waals surface area contributed by atoms with Gasteiger partial charge in [-0.15, -0.1) is 10.2 Å². The van der Waals surface area contributed by atoms with Crippen LogP contribution in [-0.4, -0.2) is 25.7 Å². The van der Waals surface area contributed by atoms with E-state index in [1.54, 1.807) is 6.33 Å². The molecule has 92 valence electrons. The van der Waals surface area contributed by atoms with Crippen molar-refractivity contribution in [2.75, 3.05) is 11.9 Å². The van der Waals surface area contributed by atoms with E-state index >= 15 is 0 Å². The van der Waals surface area contributed by atoms with Gasteiger partial charge in [-0.05, 0) is 23.7 Å². The Morgan fingerprint density at radius 1 is 1.33 bits per heavy atom. The predicted molar refractivity (Wildman–Crippen MR) is 72.8 cm³/mol. The van der Waals surface area contributed by atoms with Gasteiger partial charge in [0.25, 0.3) is 0 Å². The van der Waals surface area contributed by atoms with Crippen LogP contribution in [0.3, 0.4) is 0 Å². The molecule has 3 aromatic rings. The monoisotopic (exact) mass is 259 g/mol. The maximum Gasteiger partial charge on any atom is 0.134 e. The third-order valence-electron chi connectivity index (χ3n) is 2.82. The van der Waals surface area contributed by atoms with Gasteiger partial charge in [0.15, 0.2) is 0 Å². The number of aromatic nitrogens is 4. The molecule has 5 nitrogen and oxygen atoms in total. The SMILES string of the molecule is Cn1cnnc1CCNc1snc2ccccc12. The molecule has 0 amide bonds. The average Bonchev–Trinajstić information content (AvgIpc) is 2.97. The summed E-state index contributed by atoms with van der Waals surface area (Å²) >= 11 is 1.50. The van der Waals surface area contributed by atoms with E-state index in [1.807, 2.05) is 29.8 Å². The lowest BCUT2D eigenvalue weighted by Crippen LogP contribution is -2.07. The molecular formula is C12H13N5S. The quantitative estimate of drug-likeness (QED) is 0.779. The summed E-state index contributed by atoms with van der Waals surface area (Å²) in [6, 6.07) is 8.15. The molecule has 0 spiro atoms. The summed E-state index contributed by atoms with van der Waals surface area (Å²) in [5, 5.41) is 13.6. The van der Waals surface area contributed by atoms with Gasteiger partial charge in [0.2, 0.25) is 0 Å². The van der Waals surface area contributed by atoms with Gasteiger partial charge < -0.3 is 9.88 Å². The highest BCUT2D eigenvalue weighted by molar-refractivity contribution is 7.11. The van der Waals surface area contributed by atoms with Crippen molar-refractivity contribution in [3.8, 4) is 0 Å². The Kier molecular flexibility index (Phi) is 2.93.